The number of carboxylic acid groups (broad SMARTS) is 1. The van der Waals surface area contributed by atoms with Crippen LogP contribution in [-0.2, 0) is 0 Å². The van der Waals surface area contributed by atoms with E-state index in [1.807, 2.05) is 13.0 Å². The van der Waals surface area contributed by atoms with Crippen molar-refractivity contribution in [1.82, 2.24) is 9.55 Å². The van der Waals surface area contributed by atoms with Crippen molar-refractivity contribution in [2.24, 2.45) is 5.92 Å². The van der Waals surface area contributed by atoms with Crippen LogP contribution in [0.25, 0.3) is 11.0 Å². The van der Waals surface area contributed by atoms with Crippen molar-refractivity contribution in [1.29, 1.82) is 0 Å². The highest BCUT2D eigenvalue weighted by Gasteiger charge is 2.25. The minimum absolute atomic E-state index is 0.302. The molecule has 0 amide bonds. The van der Waals surface area contributed by atoms with Gasteiger partial charge in [0.2, 0.25) is 0 Å². The lowest BCUT2D eigenvalue weighted by Gasteiger charge is -2.22. The fourth-order valence-electron chi connectivity index (χ4n) is 3.52. The first-order valence-corrected chi connectivity index (χ1v) is 7.30. The summed E-state index contributed by atoms with van der Waals surface area (Å²) in [6.45, 7) is 4.26. The second-order valence-electron chi connectivity index (χ2n) is 5.82. The maximum absolute atomic E-state index is 11.0. The molecule has 0 aliphatic heterocycles. The van der Waals surface area contributed by atoms with E-state index in [0.29, 0.717) is 17.5 Å². The lowest BCUT2D eigenvalue weighted by molar-refractivity contribution is 0.0697. The zero-order chi connectivity index (χ0) is 14.3. The number of aromatic nitrogens is 2. The number of rotatable bonds is 3. The number of carboxylic acids is 1. The van der Waals surface area contributed by atoms with Gasteiger partial charge in [-0.05, 0) is 50.8 Å². The predicted molar refractivity (Wildman–Crippen MR) is 78.1 cm³/mol. The minimum atomic E-state index is -0.900. The second kappa shape index (κ2) is 4.93. The zero-order valence-corrected chi connectivity index (χ0v) is 12.0. The Hall–Kier alpha value is -1.84. The van der Waals surface area contributed by atoms with E-state index in [9.17, 15) is 4.79 Å². The Balaban J connectivity index is 2.06. The molecule has 106 valence electrons. The van der Waals surface area contributed by atoms with Crippen LogP contribution in [0, 0.1) is 12.8 Å². The molecule has 1 aromatic heterocycles. The average Bonchev–Trinajstić information content (AvgIpc) is 3.03. The van der Waals surface area contributed by atoms with E-state index in [1.165, 1.54) is 25.7 Å². The standard InChI is InChI=1S/C16H20N2O2/c1-10(12-5-3-4-6-12)18-11(2)17-14-9-13(16(19)20)7-8-15(14)18/h7-10,12H,3-6H2,1-2H3,(H,19,20). The van der Waals surface area contributed by atoms with Crippen molar-refractivity contribution in [2.75, 3.05) is 0 Å². The highest BCUT2D eigenvalue weighted by Crippen LogP contribution is 2.36. The van der Waals surface area contributed by atoms with Gasteiger partial charge >= 0.3 is 5.97 Å². The third-order valence-electron chi connectivity index (χ3n) is 4.60. The van der Waals surface area contributed by atoms with Gasteiger partial charge in [-0.25, -0.2) is 9.78 Å². The quantitative estimate of drug-likeness (QED) is 0.924. The maximum atomic E-state index is 11.0. The molecule has 0 saturated heterocycles. The van der Waals surface area contributed by atoms with Crippen molar-refractivity contribution in [2.45, 2.75) is 45.6 Å². The van der Waals surface area contributed by atoms with Crippen LogP contribution >= 0.6 is 0 Å². The molecule has 1 unspecified atom stereocenters. The number of fused-ring (bicyclic) bond motifs is 1. The first kappa shape index (κ1) is 13.2. The van der Waals surface area contributed by atoms with E-state index < -0.39 is 5.97 Å². The van der Waals surface area contributed by atoms with E-state index >= 15 is 0 Å². The number of imidazole rings is 1. The Morgan fingerprint density at radius 3 is 2.75 bits per heavy atom. The predicted octanol–water partition coefficient (Wildman–Crippen LogP) is 3.79. The largest absolute Gasteiger partial charge is 0.478 e. The number of benzene rings is 1. The maximum Gasteiger partial charge on any atom is 0.335 e. The lowest BCUT2D eigenvalue weighted by atomic mass is 9.99. The molecule has 1 saturated carbocycles. The summed E-state index contributed by atoms with van der Waals surface area (Å²) in [7, 11) is 0. The summed E-state index contributed by atoms with van der Waals surface area (Å²) < 4.78 is 2.27. The Kier molecular flexibility index (Phi) is 3.24. The molecule has 3 rings (SSSR count). The third-order valence-corrected chi connectivity index (χ3v) is 4.60. The fourth-order valence-corrected chi connectivity index (χ4v) is 3.52. The normalized spacial score (nSPS) is 17.7. The van der Waals surface area contributed by atoms with Gasteiger partial charge in [0.25, 0.3) is 0 Å². The third kappa shape index (κ3) is 2.09. The average molecular weight is 272 g/mol. The molecule has 4 heteroatoms. The SMILES string of the molecule is Cc1nc2cc(C(=O)O)ccc2n1C(C)C1CCCC1. The molecule has 1 aromatic carbocycles. The molecule has 0 spiro atoms. The van der Waals surface area contributed by atoms with Gasteiger partial charge in [0.05, 0.1) is 16.6 Å². The molecule has 0 bridgehead atoms. The fraction of sp³-hybridized carbons (Fsp3) is 0.500. The lowest BCUT2D eigenvalue weighted by Crippen LogP contribution is -2.15. The molecule has 1 aliphatic carbocycles. The highest BCUT2D eigenvalue weighted by molar-refractivity contribution is 5.92. The van der Waals surface area contributed by atoms with Crippen molar-refractivity contribution in [3.63, 3.8) is 0 Å². The van der Waals surface area contributed by atoms with Gasteiger partial charge < -0.3 is 9.67 Å². The summed E-state index contributed by atoms with van der Waals surface area (Å²) in [6.07, 6.45) is 5.22. The zero-order valence-electron chi connectivity index (χ0n) is 12.0. The van der Waals surface area contributed by atoms with Gasteiger partial charge in [-0.15, -0.1) is 0 Å². The van der Waals surface area contributed by atoms with Crippen molar-refractivity contribution >= 4 is 17.0 Å². The summed E-state index contributed by atoms with van der Waals surface area (Å²) >= 11 is 0. The molecule has 0 radical (unpaired) electrons. The van der Waals surface area contributed by atoms with Gasteiger partial charge in [-0.1, -0.05) is 12.8 Å². The summed E-state index contributed by atoms with van der Waals surface area (Å²) in [5, 5.41) is 9.07. The van der Waals surface area contributed by atoms with Gasteiger partial charge in [-0.3, -0.25) is 0 Å². The Labute approximate surface area is 118 Å². The van der Waals surface area contributed by atoms with E-state index in [1.54, 1.807) is 12.1 Å². The Morgan fingerprint density at radius 1 is 1.40 bits per heavy atom. The summed E-state index contributed by atoms with van der Waals surface area (Å²) in [4.78, 5) is 15.6. The van der Waals surface area contributed by atoms with E-state index in [-0.39, 0.29) is 0 Å². The summed E-state index contributed by atoms with van der Waals surface area (Å²) in [5.41, 5.74) is 2.13. The van der Waals surface area contributed by atoms with Gasteiger partial charge in [0, 0.05) is 6.04 Å². The highest BCUT2D eigenvalue weighted by atomic mass is 16.4. The monoisotopic (exact) mass is 272 g/mol. The topological polar surface area (TPSA) is 55.1 Å². The molecule has 2 aromatic rings. The molecule has 1 fully saturated rings. The summed E-state index contributed by atoms with van der Waals surface area (Å²) in [6, 6.07) is 5.66. The molecule has 20 heavy (non-hydrogen) atoms. The van der Waals surface area contributed by atoms with Gasteiger partial charge in [0.15, 0.2) is 0 Å². The Morgan fingerprint density at radius 2 is 2.10 bits per heavy atom. The van der Waals surface area contributed by atoms with Crippen LogP contribution < -0.4 is 0 Å². The molecule has 1 N–H and O–H groups in total. The molecule has 1 atom stereocenters. The van der Waals surface area contributed by atoms with E-state index in [2.05, 4.69) is 16.5 Å². The van der Waals surface area contributed by atoms with Gasteiger partial charge in [0.1, 0.15) is 5.82 Å². The first-order valence-electron chi connectivity index (χ1n) is 7.30. The van der Waals surface area contributed by atoms with Crippen LogP contribution in [0.3, 0.4) is 0 Å². The van der Waals surface area contributed by atoms with Crippen LogP contribution in [-0.4, -0.2) is 20.6 Å². The molecule has 1 heterocycles. The number of hydrogen-bond acceptors (Lipinski definition) is 2. The molecular weight excluding hydrogens is 252 g/mol. The van der Waals surface area contributed by atoms with Crippen molar-refractivity contribution < 1.29 is 9.90 Å². The smallest absolute Gasteiger partial charge is 0.335 e. The van der Waals surface area contributed by atoms with Crippen molar-refractivity contribution in [3.8, 4) is 0 Å². The van der Waals surface area contributed by atoms with E-state index in [0.717, 1.165) is 16.9 Å². The molecule has 1 aliphatic rings. The number of carbonyl (C=O) groups is 1. The number of aromatic carboxylic acids is 1. The first-order chi connectivity index (χ1) is 9.58. The van der Waals surface area contributed by atoms with Crippen LogP contribution in [0.2, 0.25) is 0 Å². The number of aryl methyl sites for hydroxylation is 1. The number of hydrogen-bond donors (Lipinski definition) is 1. The van der Waals surface area contributed by atoms with Crippen LogP contribution in [0.15, 0.2) is 18.2 Å². The van der Waals surface area contributed by atoms with Crippen LogP contribution in [0.5, 0.6) is 0 Å². The Bertz CT molecular complexity index is 654. The number of nitrogens with zero attached hydrogens (tertiary/aromatic N) is 2. The second-order valence-corrected chi connectivity index (χ2v) is 5.82. The van der Waals surface area contributed by atoms with Crippen LogP contribution in [0.4, 0.5) is 0 Å². The molecular formula is C16H20N2O2. The van der Waals surface area contributed by atoms with E-state index in [4.69, 9.17) is 5.11 Å². The molecule has 4 nitrogen and oxygen atoms in total. The van der Waals surface area contributed by atoms with Gasteiger partial charge in [-0.2, -0.15) is 0 Å². The minimum Gasteiger partial charge on any atom is -0.478 e. The van der Waals surface area contributed by atoms with Crippen molar-refractivity contribution in [3.05, 3.63) is 29.6 Å². The summed E-state index contributed by atoms with van der Waals surface area (Å²) in [5.74, 6) is 0.787. The van der Waals surface area contributed by atoms with Crippen LogP contribution in [0.1, 0.15) is 54.8 Å².